The van der Waals surface area contributed by atoms with E-state index in [1.54, 1.807) is 0 Å². The van der Waals surface area contributed by atoms with Crippen LogP contribution in [0.1, 0.15) is 54.9 Å². The van der Waals surface area contributed by atoms with Crippen molar-refractivity contribution in [3.63, 3.8) is 0 Å². The minimum atomic E-state index is 0.0677. The molecule has 0 saturated carbocycles. The van der Waals surface area contributed by atoms with Gasteiger partial charge in [-0.15, -0.1) is 11.3 Å². The number of thiophene rings is 1. The molecule has 2 N–H and O–H groups in total. The van der Waals surface area contributed by atoms with E-state index >= 15 is 0 Å². The van der Waals surface area contributed by atoms with Crippen LogP contribution in [-0.4, -0.2) is 28.9 Å². The first-order valence-corrected chi connectivity index (χ1v) is 8.77. The zero-order valence-electron chi connectivity index (χ0n) is 13.4. The Bertz CT molecular complexity index is 707. The molecule has 2 aromatic rings. The third-order valence-electron chi connectivity index (χ3n) is 4.35. The second-order valence-corrected chi connectivity index (χ2v) is 7.59. The number of nitrogens with two attached hydrogens (primary N) is 1. The van der Waals surface area contributed by atoms with Gasteiger partial charge in [-0.1, -0.05) is 20.8 Å². The Morgan fingerprint density at radius 1 is 1.45 bits per heavy atom. The summed E-state index contributed by atoms with van der Waals surface area (Å²) in [5, 5.41) is 0.905. The van der Waals surface area contributed by atoms with Gasteiger partial charge in [-0.05, 0) is 36.8 Å². The topological polar surface area (TPSA) is 59.2 Å². The summed E-state index contributed by atoms with van der Waals surface area (Å²) in [5.41, 5.74) is 7.86. The van der Waals surface area contributed by atoms with Gasteiger partial charge in [0.05, 0.1) is 5.69 Å². The van der Waals surface area contributed by atoms with Crippen molar-refractivity contribution in [2.24, 2.45) is 5.92 Å². The molecule has 1 fully saturated rings. The van der Waals surface area contributed by atoms with Crippen molar-refractivity contribution in [3.05, 3.63) is 22.7 Å². The summed E-state index contributed by atoms with van der Waals surface area (Å²) in [6.45, 7) is 8.10. The van der Waals surface area contributed by atoms with Gasteiger partial charge in [0.2, 0.25) is 0 Å². The molecular weight excluding hydrogens is 294 g/mol. The first-order chi connectivity index (χ1) is 10.5. The van der Waals surface area contributed by atoms with E-state index in [4.69, 9.17) is 5.73 Å². The van der Waals surface area contributed by atoms with Crippen molar-refractivity contribution >= 4 is 33.1 Å². The molecule has 0 bridgehead atoms. The highest BCUT2D eigenvalue weighted by Crippen LogP contribution is 2.35. The highest BCUT2D eigenvalue weighted by Gasteiger charge is 2.26. The number of hydrogen-bond donors (Lipinski definition) is 1. The van der Waals surface area contributed by atoms with Crippen molar-refractivity contribution in [2.45, 2.75) is 39.5 Å². The lowest BCUT2D eigenvalue weighted by Crippen LogP contribution is -2.38. The number of hydrogen-bond acceptors (Lipinski definition) is 4. The van der Waals surface area contributed by atoms with Gasteiger partial charge in [-0.25, -0.2) is 4.98 Å². The third-order valence-corrected chi connectivity index (χ3v) is 5.45. The van der Waals surface area contributed by atoms with Crippen LogP contribution in [0.25, 0.3) is 10.2 Å². The van der Waals surface area contributed by atoms with E-state index in [1.807, 2.05) is 17.0 Å². The average Bonchev–Trinajstić information content (AvgIpc) is 2.83. The Morgan fingerprint density at radius 2 is 2.23 bits per heavy atom. The number of carbonyl (C=O) groups excluding carboxylic acids is 1. The van der Waals surface area contributed by atoms with Crippen molar-refractivity contribution in [3.8, 4) is 0 Å². The van der Waals surface area contributed by atoms with Crippen LogP contribution in [0.15, 0.2) is 12.1 Å². The van der Waals surface area contributed by atoms with E-state index in [-0.39, 0.29) is 5.91 Å². The van der Waals surface area contributed by atoms with Crippen LogP contribution in [0.3, 0.4) is 0 Å². The van der Waals surface area contributed by atoms with Crippen LogP contribution < -0.4 is 5.73 Å². The van der Waals surface area contributed by atoms with Crippen molar-refractivity contribution in [2.75, 3.05) is 18.8 Å². The maximum Gasteiger partial charge on any atom is 0.266 e. The average molecular weight is 317 g/mol. The van der Waals surface area contributed by atoms with Crippen LogP contribution in [-0.2, 0) is 0 Å². The molecule has 5 heteroatoms. The van der Waals surface area contributed by atoms with Crippen molar-refractivity contribution in [1.82, 2.24) is 9.88 Å². The molecule has 1 aliphatic heterocycles. The lowest BCUT2D eigenvalue weighted by atomic mass is 10.00. The molecule has 0 radical (unpaired) electrons. The zero-order chi connectivity index (χ0) is 15.9. The summed E-state index contributed by atoms with van der Waals surface area (Å²) < 4.78 is 0. The van der Waals surface area contributed by atoms with E-state index in [0.29, 0.717) is 22.4 Å². The van der Waals surface area contributed by atoms with Crippen molar-refractivity contribution in [1.29, 1.82) is 0 Å². The molecule has 1 amide bonds. The number of nitrogen functional groups attached to an aromatic ring is 1. The van der Waals surface area contributed by atoms with E-state index in [0.717, 1.165) is 35.4 Å². The highest BCUT2D eigenvalue weighted by atomic mass is 32.1. The monoisotopic (exact) mass is 317 g/mol. The number of amides is 1. The Morgan fingerprint density at radius 3 is 2.91 bits per heavy atom. The first kappa shape index (κ1) is 15.3. The van der Waals surface area contributed by atoms with Gasteiger partial charge in [-0.3, -0.25) is 4.79 Å². The SMILES string of the molecule is CC1CCCN(C(=O)c2sc3nc(C(C)C)ccc3c2N)C1. The maximum atomic E-state index is 12.8. The second kappa shape index (κ2) is 5.88. The van der Waals surface area contributed by atoms with Gasteiger partial charge >= 0.3 is 0 Å². The van der Waals surface area contributed by atoms with Crippen LogP contribution in [0.4, 0.5) is 5.69 Å². The van der Waals surface area contributed by atoms with Crippen molar-refractivity contribution < 1.29 is 4.79 Å². The molecule has 1 atom stereocenters. The molecule has 1 saturated heterocycles. The molecule has 1 unspecified atom stereocenters. The fourth-order valence-corrected chi connectivity index (χ4v) is 4.08. The van der Waals surface area contributed by atoms with Gasteiger partial charge < -0.3 is 10.6 Å². The number of pyridine rings is 1. The van der Waals surface area contributed by atoms with E-state index in [1.165, 1.54) is 17.8 Å². The van der Waals surface area contributed by atoms with E-state index < -0.39 is 0 Å². The normalized spacial score (nSPS) is 19.1. The number of aromatic nitrogens is 1. The molecule has 2 aromatic heterocycles. The first-order valence-electron chi connectivity index (χ1n) is 7.95. The number of rotatable bonds is 2. The maximum absolute atomic E-state index is 12.8. The van der Waals surface area contributed by atoms with E-state index in [9.17, 15) is 4.79 Å². The summed E-state index contributed by atoms with van der Waals surface area (Å²) in [7, 11) is 0. The zero-order valence-corrected chi connectivity index (χ0v) is 14.2. The Balaban J connectivity index is 1.96. The predicted octanol–water partition coefficient (Wildman–Crippen LogP) is 3.87. The lowest BCUT2D eigenvalue weighted by molar-refractivity contribution is 0.0689. The van der Waals surface area contributed by atoms with Crippen LogP contribution in [0.5, 0.6) is 0 Å². The Hall–Kier alpha value is -1.62. The molecule has 3 rings (SSSR count). The fourth-order valence-electron chi connectivity index (χ4n) is 3.01. The summed E-state index contributed by atoms with van der Waals surface area (Å²) >= 11 is 1.43. The lowest BCUT2D eigenvalue weighted by Gasteiger charge is -2.30. The fraction of sp³-hybridized carbons (Fsp3) is 0.529. The van der Waals surface area contributed by atoms with Gasteiger partial charge in [-0.2, -0.15) is 0 Å². The van der Waals surface area contributed by atoms with Crippen LogP contribution in [0, 0.1) is 5.92 Å². The largest absolute Gasteiger partial charge is 0.397 e. The van der Waals surface area contributed by atoms with Crippen LogP contribution >= 0.6 is 11.3 Å². The van der Waals surface area contributed by atoms with Gasteiger partial charge in [0, 0.05) is 24.2 Å². The molecule has 1 aliphatic rings. The van der Waals surface area contributed by atoms with Gasteiger partial charge in [0.25, 0.3) is 5.91 Å². The summed E-state index contributed by atoms with van der Waals surface area (Å²) in [5.74, 6) is 1.01. The number of piperidine rings is 1. The standard InChI is InChI=1S/C17H23N3OS/c1-10(2)13-7-6-12-14(18)15(22-16(12)19-13)17(21)20-8-4-5-11(3)9-20/h6-7,10-11H,4-5,8-9,18H2,1-3H3. The summed E-state index contributed by atoms with van der Waals surface area (Å²) in [4.78, 5) is 20.9. The number of carbonyl (C=O) groups is 1. The minimum absolute atomic E-state index is 0.0677. The summed E-state index contributed by atoms with van der Waals surface area (Å²) in [6, 6.07) is 4.01. The van der Waals surface area contributed by atoms with Crippen LogP contribution in [0.2, 0.25) is 0 Å². The molecule has 3 heterocycles. The predicted molar refractivity (Wildman–Crippen MR) is 92.4 cm³/mol. The molecule has 22 heavy (non-hydrogen) atoms. The molecule has 0 spiro atoms. The number of anilines is 1. The number of nitrogens with zero attached hydrogens (tertiary/aromatic N) is 2. The van der Waals surface area contributed by atoms with Gasteiger partial charge in [0.1, 0.15) is 9.71 Å². The molecule has 0 aliphatic carbocycles. The molecular formula is C17H23N3OS. The molecule has 0 aromatic carbocycles. The quantitative estimate of drug-likeness (QED) is 0.914. The Labute approximate surface area is 135 Å². The highest BCUT2D eigenvalue weighted by molar-refractivity contribution is 7.21. The smallest absolute Gasteiger partial charge is 0.266 e. The van der Waals surface area contributed by atoms with Gasteiger partial charge in [0.15, 0.2) is 0 Å². The Kier molecular flexibility index (Phi) is 4.08. The second-order valence-electron chi connectivity index (χ2n) is 6.59. The minimum Gasteiger partial charge on any atom is -0.397 e. The number of likely N-dealkylation sites (tertiary alicyclic amines) is 1. The summed E-state index contributed by atoms with van der Waals surface area (Å²) in [6.07, 6.45) is 2.28. The molecule has 118 valence electrons. The molecule has 4 nitrogen and oxygen atoms in total. The number of fused-ring (bicyclic) bond motifs is 1. The third kappa shape index (κ3) is 2.70. The van der Waals surface area contributed by atoms with E-state index in [2.05, 4.69) is 25.8 Å².